The SMILES string of the molecule is CN(Cc1cccc(C#N)c1)C(=O)c1ccc(C#N)cn1. The third-order valence-corrected chi connectivity index (χ3v) is 2.93. The van der Waals surface area contributed by atoms with E-state index in [-0.39, 0.29) is 11.6 Å². The standard InChI is InChI=1S/C16H12N4O/c1-20(11-13-4-2-3-12(7-13)8-17)16(21)15-6-5-14(9-18)10-19-15/h2-7,10H,11H2,1H3. The number of benzene rings is 1. The second-order valence-corrected chi connectivity index (χ2v) is 4.52. The normalized spacial score (nSPS) is 9.48. The highest BCUT2D eigenvalue weighted by Crippen LogP contribution is 2.09. The van der Waals surface area contributed by atoms with E-state index in [0.717, 1.165) is 5.56 Å². The molecule has 5 nitrogen and oxygen atoms in total. The third-order valence-electron chi connectivity index (χ3n) is 2.93. The van der Waals surface area contributed by atoms with Gasteiger partial charge >= 0.3 is 0 Å². The molecule has 0 saturated carbocycles. The fourth-order valence-corrected chi connectivity index (χ4v) is 1.87. The summed E-state index contributed by atoms with van der Waals surface area (Å²) in [7, 11) is 1.67. The molecule has 0 aliphatic rings. The smallest absolute Gasteiger partial charge is 0.272 e. The number of hydrogen-bond acceptors (Lipinski definition) is 4. The molecule has 2 aromatic rings. The molecule has 102 valence electrons. The van der Waals surface area contributed by atoms with Crippen molar-refractivity contribution < 1.29 is 4.79 Å². The predicted octanol–water partition coefficient (Wildman–Crippen LogP) is 2.10. The Morgan fingerprint density at radius 3 is 2.57 bits per heavy atom. The number of nitriles is 2. The number of amides is 1. The minimum Gasteiger partial charge on any atom is -0.336 e. The van der Waals surface area contributed by atoms with Crippen LogP contribution in [-0.4, -0.2) is 22.8 Å². The molecular formula is C16H12N4O. The van der Waals surface area contributed by atoms with E-state index in [2.05, 4.69) is 11.1 Å². The number of pyridine rings is 1. The average molecular weight is 276 g/mol. The number of carbonyl (C=O) groups is 1. The molecule has 5 heteroatoms. The molecule has 1 amide bonds. The van der Waals surface area contributed by atoms with Crippen LogP contribution >= 0.6 is 0 Å². The molecule has 0 aliphatic heterocycles. The molecule has 0 radical (unpaired) electrons. The maximum atomic E-state index is 12.2. The van der Waals surface area contributed by atoms with Gasteiger partial charge in [-0.3, -0.25) is 4.79 Å². The molecule has 0 aliphatic carbocycles. The van der Waals surface area contributed by atoms with E-state index < -0.39 is 0 Å². The van der Waals surface area contributed by atoms with E-state index in [4.69, 9.17) is 10.5 Å². The summed E-state index contributed by atoms with van der Waals surface area (Å²) in [5.41, 5.74) is 2.13. The van der Waals surface area contributed by atoms with Crippen molar-refractivity contribution in [2.75, 3.05) is 7.05 Å². The highest BCUT2D eigenvalue weighted by molar-refractivity contribution is 5.92. The first-order valence-corrected chi connectivity index (χ1v) is 6.24. The Bertz CT molecular complexity index is 738. The van der Waals surface area contributed by atoms with Gasteiger partial charge in [-0.2, -0.15) is 10.5 Å². The Morgan fingerprint density at radius 1 is 1.19 bits per heavy atom. The molecule has 0 fully saturated rings. The fourth-order valence-electron chi connectivity index (χ4n) is 1.87. The van der Waals surface area contributed by atoms with E-state index >= 15 is 0 Å². The lowest BCUT2D eigenvalue weighted by Crippen LogP contribution is -2.27. The molecule has 0 saturated heterocycles. The number of aromatic nitrogens is 1. The van der Waals surface area contributed by atoms with Gasteiger partial charge in [0.25, 0.3) is 5.91 Å². The summed E-state index contributed by atoms with van der Waals surface area (Å²) in [4.78, 5) is 17.7. The molecule has 0 unspecified atom stereocenters. The van der Waals surface area contributed by atoms with Gasteiger partial charge in [-0.25, -0.2) is 4.98 Å². The molecule has 0 bridgehead atoms. The molecule has 1 aromatic carbocycles. The molecule has 2 rings (SSSR count). The largest absolute Gasteiger partial charge is 0.336 e. The Balaban J connectivity index is 2.12. The third kappa shape index (κ3) is 3.43. The zero-order valence-corrected chi connectivity index (χ0v) is 11.4. The van der Waals surface area contributed by atoms with E-state index in [9.17, 15) is 4.79 Å². The molecule has 0 spiro atoms. The van der Waals surface area contributed by atoms with Gasteiger partial charge in [0.05, 0.1) is 17.2 Å². The minimum atomic E-state index is -0.234. The van der Waals surface area contributed by atoms with Gasteiger partial charge < -0.3 is 4.90 Å². The molecule has 0 atom stereocenters. The van der Waals surface area contributed by atoms with Crippen LogP contribution in [0.1, 0.15) is 27.2 Å². The maximum Gasteiger partial charge on any atom is 0.272 e. The second-order valence-electron chi connectivity index (χ2n) is 4.52. The molecular weight excluding hydrogens is 264 g/mol. The molecule has 21 heavy (non-hydrogen) atoms. The van der Waals surface area contributed by atoms with Crippen molar-refractivity contribution in [2.24, 2.45) is 0 Å². The van der Waals surface area contributed by atoms with Crippen LogP contribution in [0, 0.1) is 22.7 Å². The van der Waals surface area contributed by atoms with Gasteiger partial charge in [0.2, 0.25) is 0 Å². The van der Waals surface area contributed by atoms with Gasteiger partial charge in [0.15, 0.2) is 0 Å². The summed E-state index contributed by atoms with van der Waals surface area (Å²) in [6, 6.07) is 14.2. The van der Waals surface area contributed by atoms with Crippen LogP contribution in [0.2, 0.25) is 0 Å². The summed E-state index contributed by atoms with van der Waals surface area (Å²) < 4.78 is 0. The highest BCUT2D eigenvalue weighted by atomic mass is 16.2. The molecule has 1 aromatic heterocycles. The zero-order chi connectivity index (χ0) is 15.2. The van der Waals surface area contributed by atoms with Crippen molar-refractivity contribution in [3.05, 3.63) is 65.0 Å². The van der Waals surface area contributed by atoms with Gasteiger partial charge in [-0.15, -0.1) is 0 Å². The van der Waals surface area contributed by atoms with Crippen molar-refractivity contribution in [3.8, 4) is 12.1 Å². The van der Waals surface area contributed by atoms with Crippen LogP contribution in [0.5, 0.6) is 0 Å². The summed E-state index contributed by atoms with van der Waals surface area (Å²) >= 11 is 0. The van der Waals surface area contributed by atoms with Crippen LogP contribution in [-0.2, 0) is 6.54 Å². The quantitative estimate of drug-likeness (QED) is 0.859. The van der Waals surface area contributed by atoms with E-state index in [1.54, 1.807) is 31.3 Å². The van der Waals surface area contributed by atoms with Gasteiger partial charge in [-0.1, -0.05) is 12.1 Å². The van der Waals surface area contributed by atoms with Crippen molar-refractivity contribution in [1.29, 1.82) is 10.5 Å². The summed E-state index contributed by atoms with van der Waals surface area (Å²) in [5, 5.41) is 17.6. The Kier molecular flexibility index (Phi) is 4.28. The first kappa shape index (κ1) is 14.2. The first-order valence-electron chi connectivity index (χ1n) is 6.24. The van der Waals surface area contributed by atoms with Gasteiger partial charge in [0, 0.05) is 19.8 Å². The average Bonchev–Trinajstić information content (AvgIpc) is 2.54. The van der Waals surface area contributed by atoms with Crippen molar-refractivity contribution in [1.82, 2.24) is 9.88 Å². The van der Waals surface area contributed by atoms with Crippen LogP contribution in [0.25, 0.3) is 0 Å². The topological polar surface area (TPSA) is 80.8 Å². The Labute approximate surface area is 122 Å². The van der Waals surface area contributed by atoms with Crippen LogP contribution in [0.15, 0.2) is 42.6 Å². The van der Waals surface area contributed by atoms with E-state index in [1.165, 1.54) is 17.2 Å². The summed E-state index contributed by atoms with van der Waals surface area (Å²) in [6.07, 6.45) is 1.37. The number of nitrogens with zero attached hydrogens (tertiary/aromatic N) is 4. The van der Waals surface area contributed by atoms with Crippen LogP contribution < -0.4 is 0 Å². The van der Waals surface area contributed by atoms with Crippen molar-refractivity contribution in [3.63, 3.8) is 0 Å². The number of hydrogen-bond donors (Lipinski definition) is 0. The lowest BCUT2D eigenvalue weighted by molar-refractivity contribution is 0.0779. The molecule has 1 heterocycles. The number of rotatable bonds is 3. The van der Waals surface area contributed by atoms with Crippen molar-refractivity contribution in [2.45, 2.75) is 6.54 Å². The Hall–Kier alpha value is -3.18. The lowest BCUT2D eigenvalue weighted by atomic mass is 10.1. The lowest BCUT2D eigenvalue weighted by Gasteiger charge is -2.16. The van der Waals surface area contributed by atoms with Crippen molar-refractivity contribution >= 4 is 5.91 Å². The monoisotopic (exact) mass is 276 g/mol. The minimum absolute atomic E-state index is 0.234. The fraction of sp³-hybridized carbons (Fsp3) is 0.125. The summed E-state index contributed by atoms with van der Waals surface area (Å²) in [6.45, 7) is 0.385. The maximum absolute atomic E-state index is 12.2. The summed E-state index contributed by atoms with van der Waals surface area (Å²) in [5.74, 6) is -0.234. The molecule has 0 N–H and O–H groups in total. The van der Waals surface area contributed by atoms with Crippen LogP contribution in [0.3, 0.4) is 0 Å². The Morgan fingerprint density at radius 2 is 1.95 bits per heavy atom. The highest BCUT2D eigenvalue weighted by Gasteiger charge is 2.13. The van der Waals surface area contributed by atoms with Gasteiger partial charge in [0.1, 0.15) is 11.8 Å². The van der Waals surface area contributed by atoms with Gasteiger partial charge in [-0.05, 0) is 29.8 Å². The van der Waals surface area contributed by atoms with Crippen LogP contribution in [0.4, 0.5) is 0 Å². The first-order chi connectivity index (χ1) is 10.1. The number of carbonyl (C=O) groups excluding carboxylic acids is 1. The zero-order valence-electron chi connectivity index (χ0n) is 11.4. The predicted molar refractivity (Wildman–Crippen MR) is 75.9 cm³/mol. The second kappa shape index (κ2) is 6.31. The van der Waals surface area contributed by atoms with E-state index in [0.29, 0.717) is 17.7 Å². The van der Waals surface area contributed by atoms with E-state index in [1.807, 2.05) is 12.1 Å².